The third kappa shape index (κ3) is 4.50. The van der Waals surface area contributed by atoms with Gasteiger partial charge in [-0.25, -0.2) is 0 Å². The molecule has 82 valence electrons. The van der Waals surface area contributed by atoms with Gasteiger partial charge in [0.15, 0.2) is 0 Å². The lowest BCUT2D eigenvalue weighted by Gasteiger charge is -1.92. The Bertz CT molecular complexity index is 308. The smallest absolute Gasteiger partial charge is 0.0980 e. The van der Waals surface area contributed by atoms with Gasteiger partial charge in [0.25, 0.3) is 0 Å². The van der Waals surface area contributed by atoms with Gasteiger partial charge in [-0.15, -0.1) is 0 Å². The lowest BCUT2D eigenvalue weighted by molar-refractivity contribution is 0.568. The fourth-order valence-corrected chi connectivity index (χ4v) is 1.06. The Morgan fingerprint density at radius 3 is 1.80 bits per heavy atom. The van der Waals surface area contributed by atoms with Crippen LogP contribution in [0.2, 0.25) is 0 Å². The van der Waals surface area contributed by atoms with Crippen molar-refractivity contribution >= 4 is 0 Å². The number of furan rings is 1. The maximum atomic E-state index is 4.97. The molecule has 0 aliphatic heterocycles. The molecule has 15 heavy (non-hydrogen) atoms. The molecule has 1 heterocycles. The highest BCUT2D eigenvalue weighted by Gasteiger charge is 1.94. The molecule has 0 amide bonds. The molecule has 0 N–H and O–H groups in total. The van der Waals surface area contributed by atoms with E-state index in [0.29, 0.717) is 0 Å². The molecule has 0 bridgehead atoms. The Kier molecular flexibility index (Phi) is 8.16. The number of rotatable bonds is 1. The van der Waals surface area contributed by atoms with Crippen molar-refractivity contribution in [3.63, 3.8) is 0 Å². The molecule has 1 heteroatoms. The van der Waals surface area contributed by atoms with Crippen LogP contribution < -0.4 is 0 Å². The maximum Gasteiger partial charge on any atom is 0.0980 e. The molecular weight excluding hydrogens is 184 g/mol. The van der Waals surface area contributed by atoms with Gasteiger partial charge in [0.05, 0.1) is 12.5 Å². The van der Waals surface area contributed by atoms with Crippen LogP contribution in [0.1, 0.15) is 27.7 Å². The summed E-state index contributed by atoms with van der Waals surface area (Å²) in [5, 5.41) is 0. The lowest BCUT2D eigenvalue weighted by Crippen LogP contribution is -1.69. The Labute approximate surface area is 92.8 Å². The van der Waals surface area contributed by atoms with E-state index in [9.17, 15) is 0 Å². The highest BCUT2D eigenvalue weighted by molar-refractivity contribution is 5.61. The van der Waals surface area contributed by atoms with Gasteiger partial charge in [0.1, 0.15) is 0 Å². The van der Waals surface area contributed by atoms with Crippen molar-refractivity contribution in [3.8, 4) is 11.1 Å². The van der Waals surface area contributed by atoms with Crippen molar-refractivity contribution in [2.24, 2.45) is 0 Å². The predicted octanol–water partition coefficient (Wildman–Crippen LogP) is 5.00. The maximum absolute atomic E-state index is 4.97. The first-order chi connectivity index (χ1) is 7.47. The van der Waals surface area contributed by atoms with Crippen LogP contribution in [-0.2, 0) is 0 Å². The zero-order chi connectivity index (χ0) is 11.5. The van der Waals surface area contributed by atoms with Crippen LogP contribution in [0.5, 0.6) is 0 Å². The largest absolute Gasteiger partial charge is 0.472 e. The first-order valence-electron chi connectivity index (χ1n) is 5.54. The lowest BCUT2D eigenvalue weighted by atomic mass is 10.1. The van der Waals surface area contributed by atoms with E-state index in [0.717, 1.165) is 5.56 Å². The summed E-state index contributed by atoms with van der Waals surface area (Å²) in [4.78, 5) is 0. The molecule has 2 aromatic rings. The first kappa shape index (κ1) is 13.5. The van der Waals surface area contributed by atoms with Gasteiger partial charge < -0.3 is 4.42 Å². The molecule has 0 aliphatic carbocycles. The normalized spacial score (nSPS) is 8.00. The topological polar surface area (TPSA) is 13.1 Å². The van der Waals surface area contributed by atoms with Crippen molar-refractivity contribution in [2.45, 2.75) is 27.7 Å². The van der Waals surface area contributed by atoms with Gasteiger partial charge in [-0.3, -0.25) is 0 Å². The average Bonchev–Trinajstić information content (AvgIpc) is 2.89. The van der Waals surface area contributed by atoms with Gasteiger partial charge in [-0.1, -0.05) is 58.0 Å². The van der Waals surface area contributed by atoms with Gasteiger partial charge in [0, 0.05) is 5.56 Å². The summed E-state index contributed by atoms with van der Waals surface area (Å²) < 4.78 is 4.97. The van der Waals surface area contributed by atoms with Gasteiger partial charge in [0.2, 0.25) is 0 Å². The van der Waals surface area contributed by atoms with E-state index in [1.807, 2.05) is 52.0 Å². The molecule has 0 radical (unpaired) electrons. The first-order valence-corrected chi connectivity index (χ1v) is 5.54. The van der Waals surface area contributed by atoms with Crippen LogP contribution >= 0.6 is 0 Å². The zero-order valence-corrected chi connectivity index (χ0v) is 10.0. The summed E-state index contributed by atoms with van der Waals surface area (Å²) in [5.41, 5.74) is 2.33. The van der Waals surface area contributed by atoms with Gasteiger partial charge in [-0.2, -0.15) is 0 Å². The molecule has 1 aromatic heterocycles. The summed E-state index contributed by atoms with van der Waals surface area (Å²) in [7, 11) is 0. The van der Waals surface area contributed by atoms with Crippen molar-refractivity contribution in [1.82, 2.24) is 0 Å². The number of hydrogen-bond donors (Lipinski definition) is 0. The minimum absolute atomic E-state index is 1.13. The summed E-state index contributed by atoms with van der Waals surface area (Å²) in [6, 6.07) is 12.1. The summed E-state index contributed by atoms with van der Waals surface area (Å²) in [5.74, 6) is 0. The third-order valence-electron chi connectivity index (χ3n) is 1.63. The Morgan fingerprint density at radius 2 is 1.33 bits per heavy atom. The molecule has 0 saturated carbocycles. The van der Waals surface area contributed by atoms with E-state index in [1.165, 1.54) is 5.56 Å². The molecule has 0 aliphatic rings. The second kappa shape index (κ2) is 9.07. The average molecular weight is 204 g/mol. The molecule has 0 saturated heterocycles. The van der Waals surface area contributed by atoms with Crippen LogP contribution in [0.4, 0.5) is 0 Å². The molecular formula is C14H20O. The van der Waals surface area contributed by atoms with E-state index < -0.39 is 0 Å². The van der Waals surface area contributed by atoms with E-state index >= 15 is 0 Å². The van der Waals surface area contributed by atoms with Crippen molar-refractivity contribution in [2.75, 3.05) is 0 Å². The minimum Gasteiger partial charge on any atom is -0.472 e. The van der Waals surface area contributed by atoms with E-state index in [-0.39, 0.29) is 0 Å². The van der Waals surface area contributed by atoms with Crippen LogP contribution in [0.15, 0.2) is 53.3 Å². The summed E-state index contributed by atoms with van der Waals surface area (Å²) >= 11 is 0. The van der Waals surface area contributed by atoms with Crippen LogP contribution in [0.25, 0.3) is 11.1 Å². The highest BCUT2D eigenvalue weighted by atomic mass is 16.3. The molecule has 0 atom stereocenters. The van der Waals surface area contributed by atoms with Crippen LogP contribution in [-0.4, -0.2) is 0 Å². The minimum atomic E-state index is 1.13. The fraction of sp³-hybridized carbons (Fsp3) is 0.286. The predicted molar refractivity (Wildman–Crippen MR) is 66.8 cm³/mol. The standard InChI is InChI=1S/C10H8O.2C2H6/c1-2-4-9(5-3-1)10-6-7-11-8-10;2*1-2/h1-8H;2*1-2H3. The monoisotopic (exact) mass is 204 g/mol. The second-order valence-electron chi connectivity index (χ2n) is 2.38. The van der Waals surface area contributed by atoms with Crippen molar-refractivity contribution in [1.29, 1.82) is 0 Å². The van der Waals surface area contributed by atoms with Crippen LogP contribution in [0.3, 0.4) is 0 Å². The number of benzene rings is 1. The van der Waals surface area contributed by atoms with E-state index in [1.54, 1.807) is 12.5 Å². The number of hydrogen-bond acceptors (Lipinski definition) is 1. The molecule has 2 rings (SSSR count). The van der Waals surface area contributed by atoms with E-state index in [4.69, 9.17) is 4.42 Å². The zero-order valence-electron chi connectivity index (χ0n) is 10.0. The molecule has 1 nitrogen and oxygen atoms in total. The Balaban J connectivity index is 0.000000442. The third-order valence-corrected chi connectivity index (χ3v) is 1.63. The van der Waals surface area contributed by atoms with E-state index in [2.05, 4.69) is 12.1 Å². The summed E-state index contributed by atoms with van der Waals surface area (Å²) in [6.45, 7) is 8.00. The SMILES string of the molecule is CC.CC.c1ccc(-c2ccoc2)cc1. The molecule has 0 unspecified atom stereocenters. The quantitative estimate of drug-likeness (QED) is 0.637. The highest BCUT2D eigenvalue weighted by Crippen LogP contribution is 2.18. The molecule has 1 aromatic carbocycles. The van der Waals surface area contributed by atoms with Gasteiger partial charge >= 0.3 is 0 Å². The Hall–Kier alpha value is -1.50. The molecule has 0 fully saturated rings. The second-order valence-corrected chi connectivity index (χ2v) is 2.38. The molecule has 0 spiro atoms. The van der Waals surface area contributed by atoms with Gasteiger partial charge in [-0.05, 0) is 11.6 Å². The summed E-state index contributed by atoms with van der Waals surface area (Å²) in [6.07, 6.45) is 3.43. The van der Waals surface area contributed by atoms with Crippen molar-refractivity contribution in [3.05, 3.63) is 48.9 Å². The van der Waals surface area contributed by atoms with Crippen molar-refractivity contribution < 1.29 is 4.42 Å². The fourth-order valence-electron chi connectivity index (χ4n) is 1.06. The van der Waals surface area contributed by atoms with Crippen LogP contribution in [0, 0.1) is 0 Å². The Morgan fingerprint density at radius 1 is 0.733 bits per heavy atom.